The van der Waals surface area contributed by atoms with Gasteiger partial charge in [-0.3, -0.25) is 0 Å². The molecule has 0 fully saturated rings. The first-order valence-corrected chi connectivity index (χ1v) is 8.25. The summed E-state index contributed by atoms with van der Waals surface area (Å²) in [6, 6.07) is 4.51. The molecule has 1 aromatic carbocycles. The predicted molar refractivity (Wildman–Crippen MR) is 84.7 cm³/mol. The summed E-state index contributed by atoms with van der Waals surface area (Å²) in [5.41, 5.74) is 0.410. The molecule has 0 atom stereocenters. The van der Waals surface area contributed by atoms with E-state index in [1.807, 2.05) is 20.8 Å². The minimum absolute atomic E-state index is 0.0606. The first-order valence-electron chi connectivity index (χ1n) is 6.43. The highest BCUT2D eigenvalue weighted by Crippen LogP contribution is 2.27. The number of sulfonamides is 1. The molecule has 4 nitrogen and oxygen atoms in total. The number of benzene rings is 1. The second-order valence-corrected chi connectivity index (χ2v) is 8.35. The van der Waals surface area contributed by atoms with Crippen LogP contribution in [0.1, 0.15) is 26.3 Å². The lowest BCUT2D eigenvalue weighted by molar-refractivity contribution is 0.311. The molecule has 0 amide bonds. The van der Waals surface area contributed by atoms with E-state index >= 15 is 0 Å². The zero-order valence-corrected chi connectivity index (χ0v) is 14.2. The van der Waals surface area contributed by atoms with Gasteiger partial charge in [0.15, 0.2) is 0 Å². The number of aliphatic hydroxyl groups is 1. The summed E-state index contributed by atoms with van der Waals surface area (Å²) in [7, 11) is -2.10. The molecule has 0 radical (unpaired) electrons. The van der Waals surface area contributed by atoms with Crippen molar-refractivity contribution in [1.29, 1.82) is 0 Å². The van der Waals surface area contributed by atoms with Crippen LogP contribution in [0.5, 0.6) is 0 Å². The molecule has 0 aliphatic heterocycles. The first kappa shape index (κ1) is 18.0. The summed E-state index contributed by atoms with van der Waals surface area (Å²) in [5, 5.41) is 8.78. The van der Waals surface area contributed by atoms with Crippen LogP contribution in [0.15, 0.2) is 23.1 Å². The molecule has 0 saturated carbocycles. The maximum absolute atomic E-state index is 12.5. The Labute approximate surface area is 131 Å². The summed E-state index contributed by atoms with van der Waals surface area (Å²) in [6.07, 6.45) is 0. The minimum atomic E-state index is -3.64. The number of nitrogens with zero attached hydrogens (tertiary/aromatic N) is 1. The van der Waals surface area contributed by atoms with Crippen LogP contribution in [0.25, 0.3) is 0 Å². The molecule has 1 N–H and O–H groups in total. The van der Waals surface area contributed by atoms with Crippen molar-refractivity contribution in [3.8, 4) is 11.8 Å². The Bertz CT molecular complexity index is 666. The predicted octanol–water partition coefficient (Wildman–Crippen LogP) is 2.35. The third-order valence-corrected chi connectivity index (χ3v) is 4.92. The van der Waals surface area contributed by atoms with E-state index in [0.717, 1.165) is 0 Å². The average molecular weight is 330 g/mol. The average Bonchev–Trinajstić information content (AvgIpc) is 2.34. The standard InChI is InChI=1S/C15H20ClNO3S/c1-15(2,3)11-17(4)21(19,20)14-8-7-12(6-5-9-18)10-13(14)16/h7-8,10,18H,9,11H2,1-4H3. The zero-order chi connectivity index (χ0) is 16.3. The fraction of sp³-hybridized carbons (Fsp3) is 0.467. The SMILES string of the molecule is CN(CC(C)(C)C)S(=O)(=O)c1ccc(C#CCO)cc1Cl. The van der Waals surface area contributed by atoms with Crippen LogP contribution in [0.2, 0.25) is 5.02 Å². The van der Waals surface area contributed by atoms with Gasteiger partial charge < -0.3 is 5.11 Å². The van der Waals surface area contributed by atoms with Crippen molar-refractivity contribution in [3.63, 3.8) is 0 Å². The van der Waals surface area contributed by atoms with Gasteiger partial charge in [-0.1, -0.05) is 44.2 Å². The number of rotatable bonds is 3. The van der Waals surface area contributed by atoms with E-state index in [2.05, 4.69) is 11.8 Å². The highest BCUT2D eigenvalue weighted by molar-refractivity contribution is 7.89. The largest absolute Gasteiger partial charge is 0.384 e. The van der Waals surface area contributed by atoms with Gasteiger partial charge in [-0.15, -0.1) is 0 Å². The molecular formula is C15H20ClNO3S. The molecule has 0 spiro atoms. The molecule has 116 valence electrons. The molecule has 1 aromatic rings. The van der Waals surface area contributed by atoms with Gasteiger partial charge in [0.1, 0.15) is 11.5 Å². The van der Waals surface area contributed by atoms with Gasteiger partial charge in [-0.2, -0.15) is 0 Å². The second-order valence-electron chi connectivity index (χ2n) is 5.93. The van der Waals surface area contributed by atoms with Crippen molar-refractivity contribution in [2.24, 2.45) is 5.41 Å². The van der Waals surface area contributed by atoms with Gasteiger partial charge in [-0.05, 0) is 23.6 Å². The van der Waals surface area contributed by atoms with Gasteiger partial charge >= 0.3 is 0 Å². The maximum Gasteiger partial charge on any atom is 0.244 e. The van der Waals surface area contributed by atoms with E-state index in [1.165, 1.54) is 23.5 Å². The third kappa shape index (κ3) is 5.01. The zero-order valence-electron chi connectivity index (χ0n) is 12.6. The Kier molecular flexibility index (Phi) is 5.83. The van der Waals surface area contributed by atoms with Crippen LogP contribution in [-0.4, -0.2) is 38.0 Å². The summed E-state index contributed by atoms with van der Waals surface area (Å²) < 4.78 is 26.3. The van der Waals surface area contributed by atoms with Crippen LogP contribution in [0.3, 0.4) is 0 Å². The molecule has 21 heavy (non-hydrogen) atoms. The Morgan fingerprint density at radius 3 is 2.43 bits per heavy atom. The molecule has 0 heterocycles. The molecule has 1 rings (SSSR count). The van der Waals surface area contributed by atoms with Gasteiger partial charge in [0.2, 0.25) is 10.0 Å². The third-order valence-electron chi connectivity index (χ3n) is 2.63. The Hall–Kier alpha value is -1.06. The van der Waals surface area contributed by atoms with Gasteiger partial charge in [0, 0.05) is 19.2 Å². The van der Waals surface area contributed by atoms with E-state index in [0.29, 0.717) is 12.1 Å². The molecule has 0 bridgehead atoms. The van der Waals surface area contributed by atoms with E-state index in [9.17, 15) is 8.42 Å². The smallest absolute Gasteiger partial charge is 0.244 e. The molecule has 0 unspecified atom stereocenters. The molecule has 0 aliphatic carbocycles. The Balaban J connectivity index is 3.15. The molecule has 6 heteroatoms. The van der Waals surface area contributed by atoms with E-state index in [-0.39, 0.29) is 21.9 Å². The molecule has 0 aliphatic rings. The van der Waals surface area contributed by atoms with Crippen LogP contribution < -0.4 is 0 Å². The summed E-state index contributed by atoms with van der Waals surface area (Å²) in [6.45, 7) is 6.03. The number of halogens is 1. The Morgan fingerprint density at radius 2 is 1.95 bits per heavy atom. The van der Waals surface area contributed by atoms with Crippen molar-refractivity contribution >= 4 is 21.6 Å². The lowest BCUT2D eigenvalue weighted by Gasteiger charge is -2.26. The van der Waals surface area contributed by atoms with Crippen molar-refractivity contribution < 1.29 is 13.5 Å². The van der Waals surface area contributed by atoms with Crippen LogP contribution >= 0.6 is 11.6 Å². The second kappa shape index (κ2) is 6.80. The van der Waals surface area contributed by atoms with E-state index in [4.69, 9.17) is 16.7 Å². The normalized spacial score (nSPS) is 12.1. The lowest BCUT2D eigenvalue weighted by Crippen LogP contribution is -2.34. The fourth-order valence-electron chi connectivity index (χ4n) is 1.85. The van der Waals surface area contributed by atoms with Crippen LogP contribution in [-0.2, 0) is 10.0 Å². The first-order chi connectivity index (χ1) is 9.58. The van der Waals surface area contributed by atoms with Crippen molar-refractivity contribution in [2.75, 3.05) is 20.2 Å². The van der Waals surface area contributed by atoms with Gasteiger partial charge in [0.05, 0.1) is 5.02 Å². The molecular weight excluding hydrogens is 310 g/mol. The van der Waals surface area contributed by atoms with Gasteiger partial charge in [-0.25, -0.2) is 12.7 Å². The topological polar surface area (TPSA) is 57.6 Å². The summed E-state index contributed by atoms with van der Waals surface area (Å²) in [4.78, 5) is 0.0606. The number of hydrogen-bond donors (Lipinski definition) is 1. The lowest BCUT2D eigenvalue weighted by atomic mass is 9.97. The number of hydrogen-bond acceptors (Lipinski definition) is 3. The van der Waals surface area contributed by atoms with Crippen LogP contribution in [0, 0.1) is 17.3 Å². The van der Waals surface area contributed by atoms with Crippen molar-refractivity contribution in [1.82, 2.24) is 4.31 Å². The van der Waals surface area contributed by atoms with Crippen LogP contribution in [0.4, 0.5) is 0 Å². The van der Waals surface area contributed by atoms with Crippen molar-refractivity contribution in [3.05, 3.63) is 28.8 Å². The van der Waals surface area contributed by atoms with E-state index in [1.54, 1.807) is 6.07 Å². The molecule has 0 saturated heterocycles. The fourth-order valence-corrected chi connectivity index (χ4v) is 3.76. The highest BCUT2D eigenvalue weighted by Gasteiger charge is 2.27. The monoisotopic (exact) mass is 329 g/mol. The highest BCUT2D eigenvalue weighted by atomic mass is 35.5. The van der Waals surface area contributed by atoms with Crippen molar-refractivity contribution in [2.45, 2.75) is 25.7 Å². The van der Waals surface area contributed by atoms with Gasteiger partial charge in [0.25, 0.3) is 0 Å². The maximum atomic E-state index is 12.5. The number of aliphatic hydroxyl groups excluding tert-OH is 1. The molecule has 0 aromatic heterocycles. The minimum Gasteiger partial charge on any atom is -0.384 e. The van der Waals surface area contributed by atoms with E-state index < -0.39 is 10.0 Å². The summed E-state index contributed by atoms with van der Waals surface area (Å²) >= 11 is 6.07. The Morgan fingerprint density at radius 1 is 1.33 bits per heavy atom. The quantitative estimate of drug-likeness (QED) is 0.866. The summed E-state index contributed by atoms with van der Waals surface area (Å²) in [5.74, 6) is 5.18.